The summed E-state index contributed by atoms with van der Waals surface area (Å²) in [6.45, 7) is 8.35. The van der Waals surface area contributed by atoms with Gasteiger partial charge < -0.3 is 15.1 Å². The van der Waals surface area contributed by atoms with Crippen LogP contribution in [0.3, 0.4) is 0 Å². The highest BCUT2D eigenvalue weighted by atomic mass is 35.5. The van der Waals surface area contributed by atoms with Crippen LogP contribution >= 0.6 is 11.6 Å². The molecule has 2 heterocycles. The Balaban J connectivity index is 1.53. The molecule has 1 aromatic carbocycles. The third-order valence-corrected chi connectivity index (χ3v) is 4.61. The maximum Gasteiger partial charge on any atom is 0.224 e. The van der Waals surface area contributed by atoms with Crippen molar-refractivity contribution >= 4 is 23.4 Å². The number of nitrogens with zero attached hydrogens (tertiary/aromatic N) is 4. The molecule has 1 aliphatic heterocycles. The van der Waals surface area contributed by atoms with Crippen LogP contribution in [0, 0.1) is 0 Å². The molecule has 0 radical (unpaired) electrons. The van der Waals surface area contributed by atoms with E-state index < -0.39 is 0 Å². The molecule has 0 aliphatic carbocycles. The van der Waals surface area contributed by atoms with E-state index in [-0.39, 0.29) is 0 Å². The van der Waals surface area contributed by atoms with Crippen LogP contribution in [-0.4, -0.2) is 54.1 Å². The first-order valence-corrected chi connectivity index (χ1v) is 8.91. The molecule has 6 heteroatoms. The van der Waals surface area contributed by atoms with Gasteiger partial charge in [0.25, 0.3) is 0 Å². The van der Waals surface area contributed by atoms with Gasteiger partial charge in [0.05, 0.1) is 0 Å². The van der Waals surface area contributed by atoms with E-state index in [2.05, 4.69) is 38.1 Å². The Morgan fingerprint density at radius 1 is 1.17 bits per heavy atom. The van der Waals surface area contributed by atoms with E-state index in [9.17, 15) is 0 Å². The summed E-state index contributed by atoms with van der Waals surface area (Å²) >= 11 is 6.01. The quantitative estimate of drug-likeness (QED) is 0.872. The van der Waals surface area contributed by atoms with Crippen molar-refractivity contribution in [3.63, 3.8) is 0 Å². The Kier molecular flexibility index (Phi) is 5.88. The zero-order valence-corrected chi connectivity index (χ0v) is 14.8. The SMILES string of the molecule is CCN1CCN(c2ccnc(NCCc3cccc(Cl)c3)n2)CC1. The molecule has 3 rings (SSSR count). The molecule has 1 aromatic heterocycles. The fourth-order valence-corrected chi connectivity index (χ4v) is 3.13. The normalized spacial score (nSPS) is 15.5. The van der Waals surface area contributed by atoms with E-state index in [4.69, 9.17) is 11.6 Å². The van der Waals surface area contributed by atoms with Crippen LogP contribution in [0.2, 0.25) is 5.02 Å². The number of halogens is 1. The molecule has 1 fully saturated rings. The van der Waals surface area contributed by atoms with Crippen LogP contribution < -0.4 is 10.2 Å². The van der Waals surface area contributed by atoms with Crippen molar-refractivity contribution in [2.75, 3.05) is 49.5 Å². The zero-order valence-electron chi connectivity index (χ0n) is 14.1. The lowest BCUT2D eigenvalue weighted by atomic mass is 10.1. The number of piperazine rings is 1. The highest BCUT2D eigenvalue weighted by molar-refractivity contribution is 6.30. The highest BCUT2D eigenvalue weighted by Gasteiger charge is 2.17. The number of rotatable bonds is 6. The van der Waals surface area contributed by atoms with Crippen LogP contribution in [0.5, 0.6) is 0 Å². The average Bonchev–Trinajstić information content (AvgIpc) is 2.62. The molecule has 24 heavy (non-hydrogen) atoms. The number of hydrogen-bond donors (Lipinski definition) is 1. The summed E-state index contributed by atoms with van der Waals surface area (Å²) in [5, 5.41) is 4.08. The van der Waals surface area contributed by atoms with Gasteiger partial charge in [-0.15, -0.1) is 0 Å². The molecule has 1 saturated heterocycles. The van der Waals surface area contributed by atoms with Crippen molar-refractivity contribution in [3.8, 4) is 0 Å². The predicted molar refractivity (Wildman–Crippen MR) is 100 cm³/mol. The lowest BCUT2D eigenvalue weighted by Crippen LogP contribution is -2.46. The lowest BCUT2D eigenvalue weighted by molar-refractivity contribution is 0.270. The molecule has 0 spiro atoms. The topological polar surface area (TPSA) is 44.3 Å². The van der Waals surface area contributed by atoms with Crippen molar-refractivity contribution < 1.29 is 0 Å². The Morgan fingerprint density at radius 2 is 2.00 bits per heavy atom. The molecule has 0 saturated carbocycles. The van der Waals surface area contributed by atoms with E-state index >= 15 is 0 Å². The minimum Gasteiger partial charge on any atom is -0.354 e. The minimum atomic E-state index is 0.687. The maximum atomic E-state index is 6.01. The Hall–Kier alpha value is -1.85. The highest BCUT2D eigenvalue weighted by Crippen LogP contribution is 2.15. The fraction of sp³-hybridized carbons (Fsp3) is 0.444. The van der Waals surface area contributed by atoms with Gasteiger partial charge in [0.2, 0.25) is 5.95 Å². The molecule has 0 unspecified atom stereocenters. The van der Waals surface area contributed by atoms with Crippen LogP contribution in [-0.2, 0) is 6.42 Å². The molecular weight excluding hydrogens is 322 g/mol. The van der Waals surface area contributed by atoms with Gasteiger partial charge in [0.15, 0.2) is 0 Å². The minimum absolute atomic E-state index is 0.687. The van der Waals surface area contributed by atoms with Crippen molar-refractivity contribution in [2.45, 2.75) is 13.3 Å². The largest absolute Gasteiger partial charge is 0.354 e. The number of likely N-dealkylation sites (N-methyl/N-ethyl adjacent to an activating group) is 1. The van der Waals surface area contributed by atoms with Crippen LogP contribution in [0.25, 0.3) is 0 Å². The Labute approximate surface area is 148 Å². The number of hydrogen-bond acceptors (Lipinski definition) is 5. The first-order chi connectivity index (χ1) is 11.7. The molecule has 0 atom stereocenters. The van der Waals surface area contributed by atoms with Gasteiger partial charge in [-0.2, -0.15) is 4.98 Å². The predicted octanol–water partition coefficient (Wildman–Crippen LogP) is 2.93. The van der Waals surface area contributed by atoms with Gasteiger partial charge in [-0.25, -0.2) is 4.98 Å². The van der Waals surface area contributed by atoms with Crippen LogP contribution in [0.4, 0.5) is 11.8 Å². The molecule has 0 amide bonds. The van der Waals surface area contributed by atoms with Gasteiger partial charge in [-0.1, -0.05) is 30.7 Å². The summed E-state index contributed by atoms with van der Waals surface area (Å²) in [4.78, 5) is 13.8. The van der Waals surface area contributed by atoms with Crippen molar-refractivity contribution in [1.29, 1.82) is 0 Å². The summed E-state index contributed by atoms with van der Waals surface area (Å²) in [5.74, 6) is 1.69. The Morgan fingerprint density at radius 3 is 2.75 bits per heavy atom. The molecule has 0 bridgehead atoms. The molecule has 2 aromatic rings. The van der Waals surface area contributed by atoms with Crippen LogP contribution in [0.1, 0.15) is 12.5 Å². The van der Waals surface area contributed by atoms with Crippen molar-refractivity contribution in [3.05, 3.63) is 47.1 Å². The van der Waals surface area contributed by atoms with E-state index in [1.54, 1.807) is 0 Å². The molecule has 5 nitrogen and oxygen atoms in total. The number of nitrogens with one attached hydrogen (secondary N) is 1. The second-order valence-corrected chi connectivity index (χ2v) is 6.40. The first-order valence-electron chi connectivity index (χ1n) is 8.53. The van der Waals surface area contributed by atoms with Crippen molar-refractivity contribution in [2.24, 2.45) is 0 Å². The smallest absolute Gasteiger partial charge is 0.224 e. The third-order valence-electron chi connectivity index (χ3n) is 4.37. The summed E-state index contributed by atoms with van der Waals surface area (Å²) in [5.41, 5.74) is 1.21. The summed E-state index contributed by atoms with van der Waals surface area (Å²) < 4.78 is 0. The molecule has 1 N–H and O–H groups in total. The van der Waals surface area contributed by atoms with Crippen LogP contribution in [0.15, 0.2) is 36.5 Å². The third kappa shape index (κ3) is 4.58. The van der Waals surface area contributed by atoms with Crippen molar-refractivity contribution in [1.82, 2.24) is 14.9 Å². The van der Waals surface area contributed by atoms with E-state index in [0.717, 1.165) is 56.5 Å². The number of benzene rings is 1. The summed E-state index contributed by atoms with van der Waals surface area (Å²) in [6, 6.07) is 9.93. The van der Waals surface area contributed by atoms with Gasteiger partial charge >= 0.3 is 0 Å². The zero-order chi connectivity index (χ0) is 16.8. The number of aromatic nitrogens is 2. The fourth-order valence-electron chi connectivity index (χ4n) is 2.91. The second kappa shape index (κ2) is 8.31. The van der Waals surface area contributed by atoms with Gasteiger partial charge in [0, 0.05) is 43.9 Å². The number of anilines is 2. The van der Waals surface area contributed by atoms with Gasteiger partial charge in [0.1, 0.15) is 5.82 Å². The molecular formula is C18H24ClN5. The lowest BCUT2D eigenvalue weighted by Gasteiger charge is -2.34. The standard InChI is InChI=1S/C18H24ClN5/c1-2-23-10-12-24(13-11-23)17-7-9-21-18(22-17)20-8-6-15-4-3-5-16(19)14-15/h3-5,7,9,14H,2,6,8,10-13H2,1H3,(H,20,21,22). The van der Waals surface area contributed by atoms with E-state index in [1.165, 1.54) is 5.56 Å². The first kappa shape index (κ1) is 17.0. The maximum absolute atomic E-state index is 6.01. The Bertz CT molecular complexity index is 655. The molecule has 1 aliphatic rings. The average molecular weight is 346 g/mol. The monoisotopic (exact) mass is 345 g/mol. The molecule has 128 valence electrons. The van der Waals surface area contributed by atoms with Gasteiger partial charge in [-0.3, -0.25) is 0 Å². The summed E-state index contributed by atoms with van der Waals surface area (Å²) in [6.07, 6.45) is 2.72. The van der Waals surface area contributed by atoms with Gasteiger partial charge in [-0.05, 0) is 36.7 Å². The van der Waals surface area contributed by atoms with E-state index in [0.29, 0.717) is 5.95 Å². The second-order valence-electron chi connectivity index (χ2n) is 5.97. The summed E-state index contributed by atoms with van der Waals surface area (Å²) in [7, 11) is 0. The van der Waals surface area contributed by atoms with E-state index in [1.807, 2.05) is 30.5 Å².